The highest BCUT2D eigenvalue weighted by molar-refractivity contribution is 5.81. The minimum atomic E-state index is -0.228. The largest absolute Gasteiger partial charge is 0.368 e. The lowest BCUT2D eigenvalue weighted by atomic mass is 9.97. The standard InChI is InChI=1S/C19H33N3O3/c23-18(20-16-7-4-2-1-3-5-8-16)15-21-10-12-22(13-11-21)19(24)17-9-6-14-25-17/h16-17H,1-15H2,(H,20,23). The molecule has 0 bridgehead atoms. The predicted octanol–water partition coefficient (Wildman–Crippen LogP) is 1.54. The fourth-order valence-corrected chi connectivity index (χ4v) is 4.18. The molecule has 25 heavy (non-hydrogen) atoms. The van der Waals surface area contributed by atoms with E-state index in [2.05, 4.69) is 10.2 Å². The Hall–Kier alpha value is -1.14. The molecule has 0 radical (unpaired) electrons. The number of amides is 2. The number of hydrogen-bond donors (Lipinski definition) is 1. The maximum Gasteiger partial charge on any atom is 0.251 e. The first-order valence-corrected chi connectivity index (χ1v) is 10.1. The Morgan fingerprint density at radius 3 is 2.20 bits per heavy atom. The maximum atomic E-state index is 12.4. The van der Waals surface area contributed by atoms with E-state index in [1.54, 1.807) is 0 Å². The summed E-state index contributed by atoms with van der Waals surface area (Å²) < 4.78 is 5.49. The fraction of sp³-hybridized carbons (Fsp3) is 0.895. The van der Waals surface area contributed by atoms with Crippen molar-refractivity contribution >= 4 is 11.8 Å². The van der Waals surface area contributed by atoms with Crippen molar-refractivity contribution in [2.24, 2.45) is 0 Å². The molecular formula is C19H33N3O3. The Kier molecular flexibility index (Phi) is 7.11. The zero-order valence-electron chi connectivity index (χ0n) is 15.4. The predicted molar refractivity (Wildman–Crippen MR) is 96.2 cm³/mol. The van der Waals surface area contributed by atoms with Gasteiger partial charge in [0.2, 0.25) is 5.91 Å². The third kappa shape index (κ3) is 5.68. The van der Waals surface area contributed by atoms with Crippen molar-refractivity contribution in [3.05, 3.63) is 0 Å². The van der Waals surface area contributed by atoms with Gasteiger partial charge in [-0.3, -0.25) is 14.5 Å². The fourth-order valence-electron chi connectivity index (χ4n) is 4.18. The summed E-state index contributed by atoms with van der Waals surface area (Å²) in [4.78, 5) is 28.8. The summed E-state index contributed by atoms with van der Waals surface area (Å²) in [5.41, 5.74) is 0. The van der Waals surface area contributed by atoms with E-state index in [1.807, 2.05) is 4.90 Å². The van der Waals surface area contributed by atoms with E-state index in [0.29, 0.717) is 32.3 Å². The Labute approximate surface area is 151 Å². The maximum absolute atomic E-state index is 12.4. The molecule has 1 N–H and O–H groups in total. The molecule has 2 amide bonds. The second-order valence-electron chi connectivity index (χ2n) is 7.71. The van der Waals surface area contributed by atoms with Gasteiger partial charge in [-0.2, -0.15) is 0 Å². The molecule has 6 nitrogen and oxygen atoms in total. The van der Waals surface area contributed by atoms with Crippen molar-refractivity contribution in [2.45, 2.75) is 69.9 Å². The lowest BCUT2D eigenvalue weighted by Crippen LogP contribution is -2.53. The van der Waals surface area contributed by atoms with Gasteiger partial charge in [0, 0.05) is 38.8 Å². The van der Waals surface area contributed by atoms with Crippen LogP contribution < -0.4 is 5.32 Å². The molecule has 142 valence electrons. The van der Waals surface area contributed by atoms with E-state index in [-0.39, 0.29) is 17.9 Å². The van der Waals surface area contributed by atoms with Crippen LogP contribution in [-0.4, -0.2) is 73.1 Å². The van der Waals surface area contributed by atoms with E-state index >= 15 is 0 Å². The Bertz CT molecular complexity index is 435. The van der Waals surface area contributed by atoms with Gasteiger partial charge in [0.15, 0.2) is 0 Å². The van der Waals surface area contributed by atoms with E-state index in [1.165, 1.54) is 32.1 Å². The normalized spacial score (nSPS) is 26.9. The first kappa shape index (κ1) is 18.6. The van der Waals surface area contributed by atoms with E-state index < -0.39 is 0 Å². The first-order chi connectivity index (χ1) is 12.2. The molecule has 0 aromatic rings. The van der Waals surface area contributed by atoms with Gasteiger partial charge >= 0.3 is 0 Å². The second kappa shape index (κ2) is 9.53. The van der Waals surface area contributed by atoms with Gasteiger partial charge in [-0.1, -0.05) is 32.1 Å². The Morgan fingerprint density at radius 2 is 1.56 bits per heavy atom. The number of hydrogen-bond acceptors (Lipinski definition) is 4. The number of nitrogens with one attached hydrogen (secondary N) is 1. The third-order valence-electron chi connectivity index (χ3n) is 5.73. The quantitative estimate of drug-likeness (QED) is 0.835. The second-order valence-corrected chi connectivity index (χ2v) is 7.71. The monoisotopic (exact) mass is 351 g/mol. The van der Waals surface area contributed by atoms with Gasteiger partial charge in [-0.25, -0.2) is 0 Å². The molecule has 0 aromatic carbocycles. The number of ether oxygens (including phenoxy) is 1. The van der Waals surface area contributed by atoms with Crippen LogP contribution in [0.2, 0.25) is 0 Å². The van der Waals surface area contributed by atoms with Crippen LogP contribution in [0.25, 0.3) is 0 Å². The zero-order valence-corrected chi connectivity index (χ0v) is 15.4. The van der Waals surface area contributed by atoms with Crippen molar-refractivity contribution < 1.29 is 14.3 Å². The van der Waals surface area contributed by atoms with Gasteiger partial charge in [-0.15, -0.1) is 0 Å². The summed E-state index contributed by atoms with van der Waals surface area (Å²) in [5.74, 6) is 0.278. The van der Waals surface area contributed by atoms with Crippen molar-refractivity contribution in [1.29, 1.82) is 0 Å². The smallest absolute Gasteiger partial charge is 0.251 e. The molecule has 2 heterocycles. The van der Waals surface area contributed by atoms with Crippen LogP contribution in [0.4, 0.5) is 0 Å². The molecule has 2 saturated heterocycles. The van der Waals surface area contributed by atoms with Gasteiger partial charge in [0.05, 0.1) is 6.54 Å². The average Bonchev–Trinajstić information content (AvgIpc) is 3.12. The molecule has 3 rings (SSSR count). The summed E-state index contributed by atoms with van der Waals surface area (Å²) in [5, 5.41) is 3.23. The van der Waals surface area contributed by atoms with Crippen LogP contribution in [0.1, 0.15) is 57.8 Å². The first-order valence-electron chi connectivity index (χ1n) is 10.1. The Morgan fingerprint density at radius 1 is 0.880 bits per heavy atom. The van der Waals surface area contributed by atoms with Crippen LogP contribution in [0.15, 0.2) is 0 Å². The van der Waals surface area contributed by atoms with Crippen molar-refractivity contribution in [3.63, 3.8) is 0 Å². The SMILES string of the molecule is O=C(CN1CCN(C(=O)C2CCCO2)CC1)NC1CCCCCCC1. The van der Waals surface area contributed by atoms with Crippen LogP contribution in [0.5, 0.6) is 0 Å². The molecule has 6 heteroatoms. The van der Waals surface area contributed by atoms with Gasteiger partial charge in [-0.05, 0) is 25.7 Å². The highest BCUT2D eigenvalue weighted by atomic mass is 16.5. The molecule has 1 aliphatic carbocycles. The minimum Gasteiger partial charge on any atom is -0.368 e. The third-order valence-corrected chi connectivity index (χ3v) is 5.73. The van der Waals surface area contributed by atoms with Crippen molar-refractivity contribution in [1.82, 2.24) is 15.1 Å². The molecule has 3 aliphatic rings. The number of carbonyl (C=O) groups excluding carboxylic acids is 2. The highest BCUT2D eigenvalue weighted by Gasteiger charge is 2.30. The van der Waals surface area contributed by atoms with Crippen LogP contribution in [0.3, 0.4) is 0 Å². The number of carbonyl (C=O) groups is 2. The minimum absolute atomic E-state index is 0.135. The molecule has 0 spiro atoms. The molecule has 1 atom stereocenters. The van der Waals surface area contributed by atoms with E-state index in [9.17, 15) is 9.59 Å². The van der Waals surface area contributed by atoms with Crippen LogP contribution in [-0.2, 0) is 14.3 Å². The molecule has 1 unspecified atom stereocenters. The molecular weight excluding hydrogens is 318 g/mol. The lowest BCUT2D eigenvalue weighted by molar-refractivity contribution is -0.142. The van der Waals surface area contributed by atoms with Crippen molar-refractivity contribution in [2.75, 3.05) is 39.3 Å². The summed E-state index contributed by atoms with van der Waals surface area (Å²) in [6.45, 7) is 4.12. The number of rotatable bonds is 4. The van der Waals surface area contributed by atoms with Gasteiger partial charge < -0.3 is 15.0 Å². The van der Waals surface area contributed by atoms with Crippen LogP contribution >= 0.6 is 0 Å². The van der Waals surface area contributed by atoms with Gasteiger partial charge in [0.25, 0.3) is 5.91 Å². The van der Waals surface area contributed by atoms with Crippen molar-refractivity contribution in [3.8, 4) is 0 Å². The highest BCUT2D eigenvalue weighted by Crippen LogP contribution is 2.18. The molecule has 0 aromatic heterocycles. The molecule has 1 saturated carbocycles. The Balaban J connectivity index is 1.36. The van der Waals surface area contributed by atoms with E-state index in [0.717, 1.165) is 38.8 Å². The van der Waals surface area contributed by atoms with Crippen LogP contribution in [0, 0.1) is 0 Å². The lowest BCUT2D eigenvalue weighted by Gasteiger charge is -2.35. The topological polar surface area (TPSA) is 61.9 Å². The summed E-state index contributed by atoms with van der Waals surface area (Å²) >= 11 is 0. The summed E-state index contributed by atoms with van der Waals surface area (Å²) in [6.07, 6.45) is 10.2. The summed E-state index contributed by atoms with van der Waals surface area (Å²) in [7, 11) is 0. The number of piperazine rings is 1. The summed E-state index contributed by atoms with van der Waals surface area (Å²) in [6, 6.07) is 0.357. The van der Waals surface area contributed by atoms with E-state index in [4.69, 9.17) is 4.74 Å². The number of nitrogens with zero attached hydrogens (tertiary/aromatic N) is 2. The average molecular weight is 351 g/mol. The molecule has 3 fully saturated rings. The zero-order chi connectivity index (χ0) is 17.5. The molecule has 2 aliphatic heterocycles. The van der Waals surface area contributed by atoms with Gasteiger partial charge in [0.1, 0.15) is 6.10 Å².